The summed E-state index contributed by atoms with van der Waals surface area (Å²) in [6.45, 7) is 3.45. The molecule has 1 aromatic rings. The van der Waals surface area contributed by atoms with Crippen LogP contribution in [-0.4, -0.2) is 65.0 Å². The van der Waals surface area contributed by atoms with E-state index in [2.05, 4.69) is 10.2 Å². The van der Waals surface area contributed by atoms with Crippen LogP contribution in [0.2, 0.25) is 0 Å². The van der Waals surface area contributed by atoms with Crippen molar-refractivity contribution in [1.82, 2.24) is 15.1 Å². The van der Waals surface area contributed by atoms with Crippen molar-refractivity contribution in [2.24, 2.45) is 5.92 Å². The van der Waals surface area contributed by atoms with Crippen molar-refractivity contribution >= 4 is 11.8 Å². The van der Waals surface area contributed by atoms with Crippen molar-refractivity contribution in [3.05, 3.63) is 35.4 Å². The molecule has 1 aromatic carbocycles. The lowest BCUT2D eigenvalue weighted by Gasteiger charge is -2.42. The highest BCUT2D eigenvalue weighted by molar-refractivity contribution is 5.94. The number of hydrogen-bond donors (Lipinski definition) is 2. The number of likely N-dealkylation sites (tertiary alicyclic amines) is 2. The number of nitrogens with zero attached hydrogens (tertiary/aromatic N) is 2. The van der Waals surface area contributed by atoms with Gasteiger partial charge in [0.2, 0.25) is 5.91 Å². The van der Waals surface area contributed by atoms with Gasteiger partial charge in [-0.05, 0) is 62.8 Å². The lowest BCUT2D eigenvalue weighted by atomic mass is 9.93. The van der Waals surface area contributed by atoms with Gasteiger partial charge in [0.15, 0.2) is 0 Å². The van der Waals surface area contributed by atoms with E-state index in [4.69, 9.17) is 5.11 Å². The van der Waals surface area contributed by atoms with Gasteiger partial charge in [0.1, 0.15) is 0 Å². The molecule has 3 aliphatic rings. The molecule has 0 aromatic heterocycles. The quantitative estimate of drug-likeness (QED) is 0.810. The number of aliphatic hydroxyl groups excluding tert-OH is 1. The maximum atomic E-state index is 12.7. The van der Waals surface area contributed by atoms with E-state index in [-0.39, 0.29) is 24.3 Å². The summed E-state index contributed by atoms with van der Waals surface area (Å²) < 4.78 is 0. The third-order valence-corrected chi connectivity index (χ3v) is 6.40. The summed E-state index contributed by atoms with van der Waals surface area (Å²) in [5, 5.41) is 12.3. The van der Waals surface area contributed by atoms with Crippen LogP contribution in [0.5, 0.6) is 0 Å². The lowest BCUT2D eigenvalue weighted by molar-refractivity contribution is -0.127. The predicted octanol–water partition coefficient (Wildman–Crippen LogP) is 1.77. The fourth-order valence-electron chi connectivity index (χ4n) is 4.47. The van der Waals surface area contributed by atoms with Crippen LogP contribution in [0.4, 0.5) is 0 Å². The molecule has 1 atom stereocenters. The molecule has 2 heterocycles. The molecule has 152 valence electrons. The minimum absolute atomic E-state index is 0.00459. The Labute approximate surface area is 166 Å². The minimum Gasteiger partial charge on any atom is -0.392 e. The summed E-state index contributed by atoms with van der Waals surface area (Å²) in [4.78, 5) is 29.6. The summed E-state index contributed by atoms with van der Waals surface area (Å²) in [7, 11) is 0. The first-order valence-electron chi connectivity index (χ1n) is 10.7. The van der Waals surface area contributed by atoms with Gasteiger partial charge in [0.25, 0.3) is 5.91 Å². The van der Waals surface area contributed by atoms with E-state index < -0.39 is 0 Å². The van der Waals surface area contributed by atoms with E-state index >= 15 is 0 Å². The van der Waals surface area contributed by atoms with Crippen LogP contribution in [-0.2, 0) is 11.4 Å². The molecule has 0 spiro atoms. The monoisotopic (exact) mass is 385 g/mol. The minimum atomic E-state index is -0.00459. The van der Waals surface area contributed by atoms with Crippen molar-refractivity contribution in [2.75, 3.05) is 26.2 Å². The lowest BCUT2D eigenvalue weighted by Crippen LogP contribution is -2.51. The summed E-state index contributed by atoms with van der Waals surface area (Å²) in [6.07, 6.45) is 6.29. The SMILES string of the molecule is O=C(NC1CC1)C1CCCN(C2CCN(C(=O)c3ccc(CO)cc3)CC2)C1. The number of amides is 2. The first-order valence-corrected chi connectivity index (χ1v) is 10.7. The smallest absolute Gasteiger partial charge is 0.253 e. The Balaban J connectivity index is 1.28. The molecule has 2 N–H and O–H groups in total. The second kappa shape index (κ2) is 8.62. The van der Waals surface area contributed by atoms with E-state index in [1.165, 1.54) is 0 Å². The molecule has 3 fully saturated rings. The fourth-order valence-corrected chi connectivity index (χ4v) is 4.47. The molecule has 0 radical (unpaired) electrons. The highest BCUT2D eigenvalue weighted by Gasteiger charge is 2.34. The van der Waals surface area contributed by atoms with E-state index in [1.807, 2.05) is 4.90 Å². The van der Waals surface area contributed by atoms with Gasteiger partial charge in [0, 0.05) is 37.3 Å². The van der Waals surface area contributed by atoms with E-state index in [0.29, 0.717) is 17.6 Å². The van der Waals surface area contributed by atoms with Gasteiger partial charge in [-0.2, -0.15) is 0 Å². The molecule has 2 saturated heterocycles. The van der Waals surface area contributed by atoms with E-state index in [9.17, 15) is 9.59 Å². The maximum Gasteiger partial charge on any atom is 0.253 e. The molecule has 2 aliphatic heterocycles. The molecule has 1 aliphatic carbocycles. The van der Waals surface area contributed by atoms with Gasteiger partial charge in [-0.25, -0.2) is 0 Å². The number of aliphatic hydroxyl groups is 1. The maximum absolute atomic E-state index is 12.7. The highest BCUT2D eigenvalue weighted by atomic mass is 16.3. The predicted molar refractivity (Wildman–Crippen MR) is 107 cm³/mol. The molecule has 6 nitrogen and oxygen atoms in total. The third kappa shape index (κ3) is 4.55. The van der Waals surface area contributed by atoms with Gasteiger partial charge in [-0.3, -0.25) is 14.5 Å². The highest BCUT2D eigenvalue weighted by Crippen LogP contribution is 2.26. The zero-order valence-electron chi connectivity index (χ0n) is 16.5. The van der Waals surface area contributed by atoms with Crippen LogP contribution < -0.4 is 5.32 Å². The number of hydrogen-bond acceptors (Lipinski definition) is 4. The second-order valence-electron chi connectivity index (χ2n) is 8.50. The van der Waals surface area contributed by atoms with Crippen LogP contribution in [0.25, 0.3) is 0 Å². The van der Waals surface area contributed by atoms with Crippen molar-refractivity contribution in [3.8, 4) is 0 Å². The first-order chi connectivity index (χ1) is 13.6. The summed E-state index contributed by atoms with van der Waals surface area (Å²) in [5.41, 5.74) is 1.51. The Morgan fingerprint density at radius 3 is 2.36 bits per heavy atom. The van der Waals surface area contributed by atoms with E-state index in [1.54, 1.807) is 24.3 Å². The number of piperidine rings is 2. The number of rotatable bonds is 5. The largest absolute Gasteiger partial charge is 0.392 e. The summed E-state index contributed by atoms with van der Waals surface area (Å²) >= 11 is 0. The van der Waals surface area contributed by atoms with Crippen molar-refractivity contribution < 1.29 is 14.7 Å². The molecule has 1 saturated carbocycles. The van der Waals surface area contributed by atoms with E-state index in [0.717, 1.165) is 70.3 Å². The summed E-state index contributed by atoms with van der Waals surface area (Å²) in [5.74, 6) is 0.438. The number of carbonyl (C=O) groups excluding carboxylic acids is 2. The van der Waals surface area contributed by atoms with Crippen LogP contribution in [0.1, 0.15) is 54.4 Å². The standard InChI is InChI=1S/C22H31N3O3/c26-15-16-3-5-17(6-4-16)22(28)24-12-9-20(10-13-24)25-11-1-2-18(14-25)21(27)23-19-7-8-19/h3-6,18-20,26H,1-2,7-15H2,(H,23,27). The van der Waals surface area contributed by atoms with Crippen molar-refractivity contribution in [1.29, 1.82) is 0 Å². The molecule has 28 heavy (non-hydrogen) atoms. The molecule has 0 bridgehead atoms. The normalized spacial score (nSPS) is 24.2. The first kappa shape index (κ1) is 19.4. The molecule has 6 heteroatoms. The Kier molecular flexibility index (Phi) is 5.97. The van der Waals surface area contributed by atoms with Gasteiger partial charge in [-0.1, -0.05) is 12.1 Å². The van der Waals surface area contributed by atoms with Crippen molar-refractivity contribution in [2.45, 2.75) is 57.2 Å². The van der Waals surface area contributed by atoms with Gasteiger partial charge in [-0.15, -0.1) is 0 Å². The molecular formula is C22H31N3O3. The van der Waals surface area contributed by atoms with Crippen LogP contribution in [0.15, 0.2) is 24.3 Å². The third-order valence-electron chi connectivity index (χ3n) is 6.40. The number of nitrogens with one attached hydrogen (secondary N) is 1. The van der Waals surface area contributed by atoms with Crippen LogP contribution >= 0.6 is 0 Å². The van der Waals surface area contributed by atoms with Gasteiger partial charge < -0.3 is 15.3 Å². The number of benzene rings is 1. The summed E-state index contributed by atoms with van der Waals surface area (Å²) in [6, 6.07) is 8.11. The molecule has 4 rings (SSSR count). The average Bonchev–Trinajstić information content (AvgIpc) is 3.57. The Hall–Kier alpha value is -1.92. The van der Waals surface area contributed by atoms with Crippen LogP contribution in [0, 0.1) is 5.92 Å². The van der Waals surface area contributed by atoms with Crippen LogP contribution in [0.3, 0.4) is 0 Å². The fraction of sp³-hybridized carbons (Fsp3) is 0.636. The Morgan fingerprint density at radius 1 is 1.00 bits per heavy atom. The zero-order valence-corrected chi connectivity index (χ0v) is 16.5. The Morgan fingerprint density at radius 2 is 1.71 bits per heavy atom. The molecule has 2 amide bonds. The van der Waals surface area contributed by atoms with Gasteiger partial charge >= 0.3 is 0 Å². The Bertz CT molecular complexity index is 693. The van der Waals surface area contributed by atoms with Gasteiger partial charge in [0.05, 0.1) is 12.5 Å². The zero-order chi connectivity index (χ0) is 19.5. The number of carbonyl (C=O) groups is 2. The van der Waals surface area contributed by atoms with Crippen molar-refractivity contribution in [3.63, 3.8) is 0 Å². The average molecular weight is 386 g/mol. The topological polar surface area (TPSA) is 72.9 Å². The molecular weight excluding hydrogens is 354 g/mol. The second-order valence-corrected chi connectivity index (χ2v) is 8.50. The molecule has 1 unspecified atom stereocenters.